The molecule has 2 aromatic rings. The van der Waals surface area contributed by atoms with Crippen LogP contribution >= 0.6 is 23.4 Å². The molecule has 1 aliphatic rings. The Labute approximate surface area is 183 Å². The maximum atomic E-state index is 12.6. The van der Waals surface area contributed by atoms with E-state index in [4.69, 9.17) is 21.1 Å². The van der Waals surface area contributed by atoms with Crippen LogP contribution in [-0.4, -0.2) is 42.2 Å². The van der Waals surface area contributed by atoms with Crippen molar-refractivity contribution in [2.75, 3.05) is 25.6 Å². The van der Waals surface area contributed by atoms with Gasteiger partial charge in [0, 0.05) is 5.69 Å². The van der Waals surface area contributed by atoms with Gasteiger partial charge in [-0.2, -0.15) is 0 Å². The minimum absolute atomic E-state index is 0.254. The summed E-state index contributed by atoms with van der Waals surface area (Å²) >= 11 is 6.84. The summed E-state index contributed by atoms with van der Waals surface area (Å²) in [6, 6.07) is 11.9. The van der Waals surface area contributed by atoms with E-state index in [2.05, 4.69) is 5.32 Å². The van der Waals surface area contributed by atoms with Crippen LogP contribution in [0, 0.1) is 0 Å². The molecule has 7 nitrogen and oxygen atoms in total. The molecule has 0 aliphatic carbocycles. The lowest BCUT2D eigenvalue weighted by Gasteiger charge is -2.13. The van der Waals surface area contributed by atoms with Crippen LogP contribution in [0.2, 0.25) is 5.02 Å². The van der Waals surface area contributed by atoms with Crippen molar-refractivity contribution in [3.63, 3.8) is 0 Å². The van der Waals surface area contributed by atoms with Gasteiger partial charge in [-0.25, -0.2) is 0 Å². The van der Waals surface area contributed by atoms with Gasteiger partial charge in [0.05, 0.1) is 23.6 Å². The van der Waals surface area contributed by atoms with Crippen molar-refractivity contribution in [1.82, 2.24) is 4.90 Å². The number of thioether (sulfide) groups is 1. The first-order chi connectivity index (χ1) is 14.4. The van der Waals surface area contributed by atoms with Crippen molar-refractivity contribution < 1.29 is 23.9 Å². The molecular weight excluding hydrogens is 428 g/mol. The van der Waals surface area contributed by atoms with Gasteiger partial charge in [-0.15, -0.1) is 0 Å². The van der Waals surface area contributed by atoms with E-state index in [-0.39, 0.29) is 4.91 Å². The smallest absolute Gasteiger partial charge is 0.294 e. The Morgan fingerprint density at radius 2 is 1.93 bits per heavy atom. The zero-order valence-corrected chi connectivity index (χ0v) is 17.9. The predicted octanol–water partition coefficient (Wildman–Crippen LogP) is 4.42. The number of rotatable bonds is 7. The van der Waals surface area contributed by atoms with E-state index >= 15 is 0 Å². The number of hydrogen-bond acceptors (Lipinski definition) is 6. The lowest BCUT2D eigenvalue weighted by Crippen LogP contribution is -2.36. The summed E-state index contributed by atoms with van der Waals surface area (Å²) in [6.07, 6.45) is 1.61. The molecule has 1 saturated heterocycles. The number of anilines is 1. The van der Waals surface area contributed by atoms with Crippen molar-refractivity contribution in [3.05, 3.63) is 58.0 Å². The quantitative estimate of drug-likeness (QED) is 0.633. The number of carbonyl (C=O) groups is 3. The third-order valence-electron chi connectivity index (χ3n) is 4.10. The molecule has 2 aromatic carbocycles. The Morgan fingerprint density at radius 3 is 2.57 bits per heavy atom. The monoisotopic (exact) mass is 446 g/mol. The Balaban J connectivity index is 1.65. The summed E-state index contributed by atoms with van der Waals surface area (Å²) in [6.45, 7) is 2.06. The molecule has 1 N–H and O–H groups in total. The summed E-state index contributed by atoms with van der Waals surface area (Å²) in [5.74, 6) is 0.167. The van der Waals surface area contributed by atoms with Crippen LogP contribution in [0.1, 0.15) is 12.5 Å². The van der Waals surface area contributed by atoms with Gasteiger partial charge in [0.25, 0.3) is 11.1 Å². The van der Waals surface area contributed by atoms with Crippen LogP contribution in [0.4, 0.5) is 10.5 Å². The third-order valence-corrected chi connectivity index (χ3v) is 5.30. The van der Waals surface area contributed by atoms with Crippen LogP contribution < -0.4 is 14.8 Å². The molecular formula is C21H19ClN2O5S. The molecule has 3 amide bonds. The summed E-state index contributed by atoms with van der Waals surface area (Å²) in [5, 5.41) is 2.45. The Morgan fingerprint density at radius 1 is 1.20 bits per heavy atom. The minimum atomic E-state index is -0.513. The van der Waals surface area contributed by atoms with E-state index in [0.717, 1.165) is 28.0 Å². The number of carbonyl (C=O) groups excluding carboxylic acids is 3. The molecule has 0 atom stereocenters. The molecule has 3 rings (SSSR count). The van der Waals surface area contributed by atoms with Gasteiger partial charge in [0.15, 0.2) is 0 Å². The third kappa shape index (κ3) is 5.14. The number of nitrogens with zero attached hydrogens (tertiary/aromatic N) is 1. The number of nitrogens with one attached hydrogen (secondary N) is 1. The van der Waals surface area contributed by atoms with Crippen molar-refractivity contribution in [1.29, 1.82) is 0 Å². The Bertz CT molecular complexity index is 1010. The Hall–Kier alpha value is -2.97. The van der Waals surface area contributed by atoms with E-state index in [9.17, 15) is 14.4 Å². The molecule has 0 bridgehead atoms. The zero-order valence-electron chi connectivity index (χ0n) is 16.3. The second-order valence-electron chi connectivity index (χ2n) is 6.17. The fraction of sp³-hybridized carbons (Fsp3) is 0.190. The topological polar surface area (TPSA) is 84.9 Å². The van der Waals surface area contributed by atoms with Crippen molar-refractivity contribution in [2.24, 2.45) is 0 Å². The number of ether oxygens (including phenoxy) is 2. The van der Waals surface area contributed by atoms with E-state index in [1.807, 2.05) is 6.92 Å². The number of hydrogen-bond donors (Lipinski definition) is 1. The number of methoxy groups -OCH3 is 1. The maximum Gasteiger partial charge on any atom is 0.294 e. The zero-order chi connectivity index (χ0) is 21.7. The van der Waals surface area contributed by atoms with E-state index in [1.165, 1.54) is 13.2 Å². The highest BCUT2D eigenvalue weighted by Crippen LogP contribution is 2.32. The van der Waals surface area contributed by atoms with E-state index in [0.29, 0.717) is 23.1 Å². The van der Waals surface area contributed by atoms with Gasteiger partial charge in [0.2, 0.25) is 5.91 Å². The van der Waals surface area contributed by atoms with Crippen LogP contribution in [0.3, 0.4) is 0 Å². The van der Waals surface area contributed by atoms with E-state index < -0.39 is 23.6 Å². The molecule has 0 spiro atoms. The van der Waals surface area contributed by atoms with Crippen LogP contribution in [0.25, 0.3) is 6.08 Å². The van der Waals surface area contributed by atoms with Gasteiger partial charge in [-0.05, 0) is 60.7 Å². The lowest BCUT2D eigenvalue weighted by molar-refractivity contribution is -0.127. The van der Waals surface area contributed by atoms with Gasteiger partial charge >= 0.3 is 0 Å². The molecule has 156 valence electrons. The molecule has 0 aromatic heterocycles. The van der Waals surface area contributed by atoms with Crippen LogP contribution in [0.5, 0.6) is 11.5 Å². The lowest BCUT2D eigenvalue weighted by atomic mass is 10.2. The summed E-state index contributed by atoms with van der Waals surface area (Å²) in [7, 11) is 1.49. The average molecular weight is 447 g/mol. The largest absolute Gasteiger partial charge is 0.495 e. The predicted molar refractivity (Wildman–Crippen MR) is 117 cm³/mol. The number of imide groups is 1. The van der Waals surface area contributed by atoms with Crippen molar-refractivity contribution >= 4 is 52.2 Å². The second kappa shape index (κ2) is 9.69. The van der Waals surface area contributed by atoms with Crippen LogP contribution in [0.15, 0.2) is 47.4 Å². The summed E-state index contributed by atoms with van der Waals surface area (Å²) in [5.41, 5.74) is 1.18. The van der Waals surface area contributed by atoms with E-state index in [1.54, 1.807) is 42.5 Å². The fourth-order valence-corrected chi connectivity index (χ4v) is 3.80. The summed E-state index contributed by atoms with van der Waals surface area (Å²) < 4.78 is 10.4. The normalized spacial score (nSPS) is 14.9. The van der Waals surface area contributed by atoms with Gasteiger partial charge < -0.3 is 14.8 Å². The molecule has 30 heavy (non-hydrogen) atoms. The maximum absolute atomic E-state index is 12.6. The molecule has 9 heteroatoms. The molecule has 1 heterocycles. The minimum Gasteiger partial charge on any atom is -0.495 e. The number of halogens is 1. The molecule has 1 aliphatic heterocycles. The SMILES string of the molecule is CCOc1ccc(C=C2SC(=O)N(CC(=O)Nc3ccc(OC)c(Cl)c3)C2=O)cc1. The van der Waals surface area contributed by atoms with Crippen molar-refractivity contribution in [2.45, 2.75) is 6.92 Å². The highest BCUT2D eigenvalue weighted by molar-refractivity contribution is 8.18. The molecule has 0 unspecified atom stereocenters. The van der Waals surface area contributed by atoms with Crippen molar-refractivity contribution in [3.8, 4) is 11.5 Å². The highest BCUT2D eigenvalue weighted by Gasteiger charge is 2.36. The first-order valence-electron chi connectivity index (χ1n) is 9.03. The average Bonchev–Trinajstić information content (AvgIpc) is 2.97. The van der Waals surface area contributed by atoms with Gasteiger partial charge in [0.1, 0.15) is 18.0 Å². The fourth-order valence-electron chi connectivity index (χ4n) is 2.70. The number of amides is 3. The molecule has 1 fully saturated rings. The first-order valence-corrected chi connectivity index (χ1v) is 10.2. The van der Waals surface area contributed by atoms with Crippen LogP contribution in [-0.2, 0) is 9.59 Å². The molecule has 0 saturated carbocycles. The standard InChI is InChI=1S/C21H19ClN2O5S/c1-3-29-15-7-4-13(5-8-15)10-18-20(26)24(21(27)30-18)12-19(25)23-14-6-9-17(28-2)16(22)11-14/h4-11H,3,12H2,1-2H3,(H,23,25). The first kappa shape index (κ1) is 21.7. The number of benzene rings is 2. The van der Waals surface area contributed by atoms with Gasteiger partial charge in [-0.3, -0.25) is 19.3 Å². The summed E-state index contributed by atoms with van der Waals surface area (Å²) in [4.78, 5) is 38.3. The highest BCUT2D eigenvalue weighted by atomic mass is 35.5. The Kier molecular flexibility index (Phi) is 7.02. The second-order valence-corrected chi connectivity index (χ2v) is 7.57. The molecule has 0 radical (unpaired) electrons. The van der Waals surface area contributed by atoms with Gasteiger partial charge in [-0.1, -0.05) is 23.7 Å².